The molecule has 0 unspecified atom stereocenters. The van der Waals surface area contributed by atoms with Crippen LogP contribution in [0, 0.1) is 6.92 Å². The van der Waals surface area contributed by atoms with Crippen molar-refractivity contribution in [3.05, 3.63) is 52.0 Å². The molecule has 0 spiro atoms. The Kier molecular flexibility index (Phi) is 3.90. The molecule has 0 aliphatic carbocycles. The van der Waals surface area contributed by atoms with Crippen LogP contribution in [-0.2, 0) is 0 Å². The van der Waals surface area contributed by atoms with Gasteiger partial charge in [0.1, 0.15) is 11.5 Å². The molecule has 2 N–H and O–H groups in total. The second-order valence-electron chi connectivity index (χ2n) is 4.34. The average molecular weight is 320 g/mol. The number of hydrogen-bond donors (Lipinski definition) is 1. The minimum atomic E-state index is -0.0550. The summed E-state index contributed by atoms with van der Waals surface area (Å²) in [5.74, 6) is 1.26. The van der Waals surface area contributed by atoms with Crippen molar-refractivity contribution in [3.8, 4) is 11.5 Å². The van der Waals surface area contributed by atoms with Crippen molar-refractivity contribution in [1.82, 2.24) is 0 Å². The molecule has 19 heavy (non-hydrogen) atoms. The van der Waals surface area contributed by atoms with E-state index in [0.717, 1.165) is 10.0 Å². The molecule has 0 aliphatic heterocycles. The minimum absolute atomic E-state index is 0.0550. The summed E-state index contributed by atoms with van der Waals surface area (Å²) in [7, 11) is 0. The highest BCUT2D eigenvalue weighted by Crippen LogP contribution is 2.31. The summed E-state index contributed by atoms with van der Waals surface area (Å²) < 4.78 is 6.62. The number of anilines is 1. The largest absolute Gasteiger partial charge is 0.456 e. The van der Waals surface area contributed by atoms with Crippen LogP contribution in [0.5, 0.6) is 11.5 Å². The van der Waals surface area contributed by atoms with E-state index in [-0.39, 0.29) is 5.78 Å². The van der Waals surface area contributed by atoms with Crippen molar-refractivity contribution in [2.45, 2.75) is 13.8 Å². The Hall–Kier alpha value is -1.81. The van der Waals surface area contributed by atoms with Crippen molar-refractivity contribution >= 4 is 27.4 Å². The number of carbonyl (C=O) groups excluding carboxylic acids is 1. The number of rotatable bonds is 3. The van der Waals surface area contributed by atoms with Gasteiger partial charge in [-0.3, -0.25) is 4.79 Å². The van der Waals surface area contributed by atoms with Crippen molar-refractivity contribution in [3.63, 3.8) is 0 Å². The van der Waals surface area contributed by atoms with Gasteiger partial charge in [-0.2, -0.15) is 0 Å². The predicted molar refractivity (Wildman–Crippen MR) is 79.8 cm³/mol. The molecular weight excluding hydrogens is 306 g/mol. The van der Waals surface area contributed by atoms with Crippen LogP contribution in [0.25, 0.3) is 0 Å². The van der Waals surface area contributed by atoms with E-state index < -0.39 is 0 Å². The summed E-state index contributed by atoms with van der Waals surface area (Å²) in [5, 5.41) is 0. The smallest absolute Gasteiger partial charge is 0.161 e. The lowest BCUT2D eigenvalue weighted by Crippen LogP contribution is -1.99. The molecule has 98 valence electrons. The van der Waals surface area contributed by atoms with Crippen LogP contribution in [0.1, 0.15) is 22.8 Å². The van der Waals surface area contributed by atoms with Crippen molar-refractivity contribution < 1.29 is 9.53 Å². The zero-order chi connectivity index (χ0) is 14.0. The van der Waals surface area contributed by atoms with Crippen molar-refractivity contribution in [2.75, 3.05) is 5.73 Å². The Morgan fingerprint density at radius 1 is 1.21 bits per heavy atom. The van der Waals surface area contributed by atoms with E-state index in [1.165, 1.54) is 6.92 Å². The molecule has 0 amide bonds. The molecule has 2 rings (SSSR count). The molecule has 2 aromatic carbocycles. The quantitative estimate of drug-likeness (QED) is 0.676. The maximum absolute atomic E-state index is 11.3. The zero-order valence-electron chi connectivity index (χ0n) is 10.7. The van der Waals surface area contributed by atoms with Crippen LogP contribution >= 0.6 is 15.9 Å². The summed E-state index contributed by atoms with van der Waals surface area (Å²) in [6.45, 7) is 3.50. The fraction of sp³-hybridized carbons (Fsp3) is 0.133. The van der Waals surface area contributed by atoms with Gasteiger partial charge >= 0.3 is 0 Å². The lowest BCUT2D eigenvalue weighted by atomic mass is 10.1. The van der Waals surface area contributed by atoms with Crippen LogP contribution in [0.4, 0.5) is 5.69 Å². The third-order valence-corrected chi connectivity index (χ3v) is 3.34. The van der Waals surface area contributed by atoms with Crippen LogP contribution in [0.15, 0.2) is 40.9 Å². The molecule has 4 heteroatoms. The van der Waals surface area contributed by atoms with Gasteiger partial charge in [0.2, 0.25) is 0 Å². The Balaban J connectivity index is 2.29. The van der Waals surface area contributed by atoms with Crippen LogP contribution < -0.4 is 10.5 Å². The van der Waals surface area contributed by atoms with Crippen LogP contribution in [-0.4, -0.2) is 5.78 Å². The highest BCUT2D eigenvalue weighted by molar-refractivity contribution is 9.10. The van der Waals surface area contributed by atoms with Gasteiger partial charge in [-0.15, -0.1) is 0 Å². The molecule has 0 saturated carbocycles. The number of hydrogen-bond acceptors (Lipinski definition) is 3. The van der Waals surface area contributed by atoms with Gasteiger partial charge in [0.05, 0.1) is 4.47 Å². The number of benzene rings is 2. The Morgan fingerprint density at radius 2 is 1.95 bits per heavy atom. The molecule has 0 heterocycles. The molecule has 0 bridgehead atoms. The average Bonchev–Trinajstić information content (AvgIpc) is 2.32. The van der Waals surface area contributed by atoms with E-state index >= 15 is 0 Å². The van der Waals surface area contributed by atoms with Crippen LogP contribution in [0.2, 0.25) is 0 Å². The van der Waals surface area contributed by atoms with Gasteiger partial charge in [0.25, 0.3) is 0 Å². The minimum Gasteiger partial charge on any atom is -0.456 e. The highest BCUT2D eigenvalue weighted by atomic mass is 79.9. The topological polar surface area (TPSA) is 52.3 Å². The SMILES string of the molecule is CC(=O)c1ccc(Oc2ccc(C)cc2Br)cc1N. The summed E-state index contributed by atoms with van der Waals surface area (Å²) >= 11 is 3.45. The second kappa shape index (κ2) is 5.45. The Morgan fingerprint density at radius 3 is 2.53 bits per heavy atom. The number of carbonyl (C=O) groups is 1. The highest BCUT2D eigenvalue weighted by Gasteiger charge is 2.08. The second-order valence-corrected chi connectivity index (χ2v) is 5.20. The van der Waals surface area contributed by atoms with Gasteiger partial charge in [-0.05, 0) is 59.6 Å². The summed E-state index contributed by atoms with van der Waals surface area (Å²) in [5.41, 5.74) is 7.90. The maximum atomic E-state index is 11.3. The third kappa shape index (κ3) is 3.15. The molecule has 0 saturated heterocycles. The maximum Gasteiger partial charge on any atom is 0.161 e. The Bertz CT molecular complexity index is 638. The molecule has 3 nitrogen and oxygen atoms in total. The van der Waals surface area contributed by atoms with Crippen molar-refractivity contribution in [2.24, 2.45) is 0 Å². The fourth-order valence-corrected chi connectivity index (χ4v) is 2.31. The van der Waals surface area contributed by atoms with E-state index in [4.69, 9.17) is 10.5 Å². The lowest BCUT2D eigenvalue weighted by molar-refractivity contribution is 0.101. The standard InChI is InChI=1S/C15H14BrNO2/c1-9-3-6-15(13(16)7-9)19-11-4-5-12(10(2)18)14(17)8-11/h3-8H,17H2,1-2H3. The lowest BCUT2D eigenvalue weighted by Gasteiger charge is -2.10. The normalized spacial score (nSPS) is 10.3. The van der Waals surface area contributed by atoms with Gasteiger partial charge in [0.15, 0.2) is 5.78 Å². The Labute approximate surface area is 120 Å². The van der Waals surface area contributed by atoms with E-state index in [1.807, 2.05) is 25.1 Å². The summed E-state index contributed by atoms with van der Waals surface area (Å²) in [4.78, 5) is 11.3. The van der Waals surface area contributed by atoms with Gasteiger partial charge < -0.3 is 10.5 Å². The molecule has 0 aromatic heterocycles. The number of Topliss-reactive ketones (excluding diaryl/α,β-unsaturated/α-hetero) is 1. The number of nitrogen functional groups attached to an aromatic ring is 1. The predicted octanol–water partition coefficient (Wildman–Crippen LogP) is 4.33. The molecular formula is C15H14BrNO2. The fourth-order valence-electron chi connectivity index (χ4n) is 1.74. The molecule has 2 aromatic rings. The molecule has 0 atom stereocenters. The first-order valence-corrected chi connectivity index (χ1v) is 6.61. The number of ether oxygens (including phenoxy) is 1. The third-order valence-electron chi connectivity index (χ3n) is 2.72. The molecule has 0 radical (unpaired) electrons. The first kappa shape index (κ1) is 13.6. The van der Waals surface area contributed by atoms with Crippen LogP contribution in [0.3, 0.4) is 0 Å². The first-order valence-electron chi connectivity index (χ1n) is 5.82. The molecule has 0 fully saturated rings. The number of aryl methyl sites for hydroxylation is 1. The number of ketones is 1. The van der Waals surface area contributed by atoms with E-state index in [0.29, 0.717) is 22.7 Å². The van der Waals surface area contributed by atoms with E-state index in [2.05, 4.69) is 15.9 Å². The summed E-state index contributed by atoms with van der Waals surface area (Å²) in [6.07, 6.45) is 0. The zero-order valence-corrected chi connectivity index (χ0v) is 12.3. The first-order chi connectivity index (χ1) is 8.97. The van der Waals surface area contributed by atoms with E-state index in [9.17, 15) is 4.79 Å². The summed E-state index contributed by atoms with van der Waals surface area (Å²) in [6, 6.07) is 10.9. The van der Waals surface area contributed by atoms with Gasteiger partial charge in [0, 0.05) is 17.3 Å². The molecule has 0 aliphatic rings. The van der Waals surface area contributed by atoms with Gasteiger partial charge in [-0.25, -0.2) is 0 Å². The van der Waals surface area contributed by atoms with Crippen molar-refractivity contribution in [1.29, 1.82) is 0 Å². The number of halogens is 1. The monoisotopic (exact) mass is 319 g/mol. The van der Waals surface area contributed by atoms with E-state index in [1.54, 1.807) is 18.2 Å². The van der Waals surface area contributed by atoms with Gasteiger partial charge in [-0.1, -0.05) is 6.07 Å². The number of nitrogens with two attached hydrogens (primary N) is 1.